The molecule has 0 bridgehead atoms. The summed E-state index contributed by atoms with van der Waals surface area (Å²) in [7, 11) is 3.27. The molecule has 0 saturated carbocycles. The standard InChI is InChI=1S/C14H13N3O2/c1-17-7-6-13(16-17)14(18)12(9-15)10-4-3-5-11(8-10)19-2/h3-8,12H,1-2H3. The number of rotatable bonds is 4. The highest BCUT2D eigenvalue weighted by atomic mass is 16.5. The SMILES string of the molecule is COc1cccc(C(C#N)C(=O)c2ccn(C)n2)c1. The lowest BCUT2D eigenvalue weighted by Gasteiger charge is -2.08. The second-order valence-corrected chi connectivity index (χ2v) is 4.08. The normalized spacial score (nSPS) is 11.6. The van der Waals surface area contributed by atoms with Crippen LogP contribution in [-0.4, -0.2) is 22.7 Å². The van der Waals surface area contributed by atoms with E-state index in [0.717, 1.165) is 0 Å². The Kier molecular flexibility index (Phi) is 3.62. The van der Waals surface area contributed by atoms with Crippen molar-refractivity contribution in [3.8, 4) is 11.8 Å². The lowest BCUT2D eigenvalue weighted by Crippen LogP contribution is -2.12. The molecule has 0 aliphatic heterocycles. The maximum Gasteiger partial charge on any atom is 0.204 e. The van der Waals surface area contributed by atoms with Crippen molar-refractivity contribution in [2.24, 2.45) is 7.05 Å². The molecular formula is C14H13N3O2. The number of ketones is 1. The van der Waals surface area contributed by atoms with E-state index in [4.69, 9.17) is 4.74 Å². The van der Waals surface area contributed by atoms with E-state index >= 15 is 0 Å². The summed E-state index contributed by atoms with van der Waals surface area (Å²) in [5.74, 6) is -0.562. The minimum Gasteiger partial charge on any atom is -0.497 e. The quantitative estimate of drug-likeness (QED) is 0.783. The fourth-order valence-corrected chi connectivity index (χ4v) is 1.80. The van der Waals surface area contributed by atoms with E-state index in [2.05, 4.69) is 5.10 Å². The predicted octanol–water partition coefficient (Wildman–Crippen LogP) is 1.92. The van der Waals surface area contributed by atoms with E-state index in [1.807, 2.05) is 6.07 Å². The Bertz CT molecular complexity index is 640. The number of benzene rings is 1. The first-order chi connectivity index (χ1) is 9.15. The van der Waals surface area contributed by atoms with Crippen LogP contribution in [0.2, 0.25) is 0 Å². The molecule has 19 heavy (non-hydrogen) atoms. The molecule has 2 rings (SSSR count). The van der Waals surface area contributed by atoms with Crippen molar-refractivity contribution in [1.29, 1.82) is 5.26 Å². The van der Waals surface area contributed by atoms with Crippen LogP contribution < -0.4 is 4.74 Å². The molecule has 5 nitrogen and oxygen atoms in total. The number of Topliss-reactive ketones (excluding diaryl/α,β-unsaturated/α-hetero) is 1. The number of methoxy groups -OCH3 is 1. The second-order valence-electron chi connectivity index (χ2n) is 4.08. The molecule has 1 aromatic heterocycles. The molecule has 1 unspecified atom stereocenters. The number of nitriles is 1. The monoisotopic (exact) mass is 255 g/mol. The van der Waals surface area contributed by atoms with E-state index in [1.165, 1.54) is 4.68 Å². The number of ether oxygens (including phenoxy) is 1. The zero-order chi connectivity index (χ0) is 13.8. The van der Waals surface area contributed by atoms with Gasteiger partial charge in [0.05, 0.1) is 13.2 Å². The second kappa shape index (κ2) is 5.36. The molecule has 0 spiro atoms. The largest absolute Gasteiger partial charge is 0.497 e. The first kappa shape index (κ1) is 12.8. The molecule has 0 N–H and O–H groups in total. The molecule has 96 valence electrons. The number of hydrogen-bond acceptors (Lipinski definition) is 4. The van der Waals surface area contributed by atoms with Crippen LogP contribution in [0.3, 0.4) is 0 Å². The van der Waals surface area contributed by atoms with Crippen molar-refractivity contribution in [3.05, 3.63) is 47.8 Å². The lowest BCUT2D eigenvalue weighted by molar-refractivity contribution is 0.0973. The third-order valence-corrected chi connectivity index (χ3v) is 2.78. The zero-order valence-electron chi connectivity index (χ0n) is 10.7. The molecule has 1 heterocycles. The Labute approximate surface area is 111 Å². The molecule has 0 saturated heterocycles. The first-order valence-corrected chi connectivity index (χ1v) is 5.73. The van der Waals surface area contributed by atoms with Gasteiger partial charge in [-0.1, -0.05) is 12.1 Å². The third-order valence-electron chi connectivity index (χ3n) is 2.78. The number of carbonyl (C=O) groups excluding carboxylic acids is 1. The highest BCUT2D eigenvalue weighted by molar-refractivity contribution is 6.01. The van der Waals surface area contributed by atoms with Gasteiger partial charge in [-0.2, -0.15) is 10.4 Å². The smallest absolute Gasteiger partial charge is 0.204 e. The Morgan fingerprint density at radius 2 is 2.26 bits per heavy atom. The Balaban J connectivity index is 2.34. The minimum absolute atomic E-state index is 0.289. The van der Waals surface area contributed by atoms with Crippen molar-refractivity contribution in [2.45, 2.75) is 5.92 Å². The fourth-order valence-electron chi connectivity index (χ4n) is 1.80. The van der Waals surface area contributed by atoms with Crippen LogP contribution in [0.15, 0.2) is 36.5 Å². The highest BCUT2D eigenvalue weighted by Crippen LogP contribution is 2.23. The van der Waals surface area contributed by atoms with Gasteiger partial charge in [-0.05, 0) is 23.8 Å². The molecule has 1 aromatic carbocycles. The third kappa shape index (κ3) is 2.63. The minimum atomic E-state index is -0.870. The van der Waals surface area contributed by atoms with Crippen molar-refractivity contribution < 1.29 is 9.53 Å². The van der Waals surface area contributed by atoms with Crippen LogP contribution in [0, 0.1) is 11.3 Å². The number of nitrogens with zero attached hydrogens (tertiary/aromatic N) is 3. The zero-order valence-corrected chi connectivity index (χ0v) is 10.7. The molecular weight excluding hydrogens is 242 g/mol. The summed E-state index contributed by atoms with van der Waals surface area (Å²) < 4.78 is 6.63. The van der Waals surface area contributed by atoms with Crippen LogP contribution in [0.25, 0.3) is 0 Å². The van der Waals surface area contributed by atoms with Crippen LogP contribution in [0.5, 0.6) is 5.75 Å². The van der Waals surface area contributed by atoms with E-state index in [0.29, 0.717) is 11.3 Å². The highest BCUT2D eigenvalue weighted by Gasteiger charge is 2.23. The maximum absolute atomic E-state index is 12.3. The predicted molar refractivity (Wildman–Crippen MR) is 68.9 cm³/mol. The van der Waals surface area contributed by atoms with Crippen LogP contribution in [0.4, 0.5) is 0 Å². The van der Waals surface area contributed by atoms with Gasteiger partial charge in [0.15, 0.2) is 0 Å². The number of carbonyl (C=O) groups is 1. The van der Waals surface area contributed by atoms with Gasteiger partial charge in [-0.3, -0.25) is 9.48 Å². The van der Waals surface area contributed by atoms with Crippen LogP contribution in [0.1, 0.15) is 22.0 Å². The van der Waals surface area contributed by atoms with Gasteiger partial charge in [-0.25, -0.2) is 0 Å². The molecule has 0 fully saturated rings. The van der Waals surface area contributed by atoms with Crippen molar-refractivity contribution in [1.82, 2.24) is 9.78 Å². The molecule has 2 aromatic rings. The topological polar surface area (TPSA) is 67.9 Å². The summed E-state index contributed by atoms with van der Waals surface area (Å²) >= 11 is 0. The first-order valence-electron chi connectivity index (χ1n) is 5.73. The van der Waals surface area contributed by atoms with E-state index < -0.39 is 5.92 Å². The number of aryl methyl sites for hydroxylation is 1. The number of aromatic nitrogens is 2. The van der Waals surface area contributed by atoms with E-state index in [-0.39, 0.29) is 11.5 Å². The summed E-state index contributed by atoms with van der Waals surface area (Å²) in [6, 6.07) is 10.6. The average molecular weight is 255 g/mol. The summed E-state index contributed by atoms with van der Waals surface area (Å²) in [6.07, 6.45) is 1.67. The summed E-state index contributed by atoms with van der Waals surface area (Å²) in [6.45, 7) is 0. The summed E-state index contributed by atoms with van der Waals surface area (Å²) in [5.41, 5.74) is 0.898. The Morgan fingerprint density at radius 3 is 2.84 bits per heavy atom. The van der Waals surface area contributed by atoms with Crippen LogP contribution in [-0.2, 0) is 7.05 Å². The molecule has 5 heteroatoms. The lowest BCUT2D eigenvalue weighted by atomic mass is 9.94. The van der Waals surface area contributed by atoms with Crippen molar-refractivity contribution in [2.75, 3.05) is 7.11 Å². The maximum atomic E-state index is 12.3. The van der Waals surface area contributed by atoms with Gasteiger partial charge in [-0.15, -0.1) is 0 Å². The van der Waals surface area contributed by atoms with Crippen molar-refractivity contribution in [3.63, 3.8) is 0 Å². The summed E-state index contributed by atoms with van der Waals surface area (Å²) in [4.78, 5) is 12.3. The molecule has 0 amide bonds. The van der Waals surface area contributed by atoms with Gasteiger partial charge >= 0.3 is 0 Å². The molecule has 0 aliphatic carbocycles. The van der Waals surface area contributed by atoms with Gasteiger partial charge < -0.3 is 4.74 Å². The summed E-state index contributed by atoms with van der Waals surface area (Å²) in [5, 5.41) is 13.3. The van der Waals surface area contributed by atoms with Gasteiger partial charge in [0.25, 0.3) is 0 Å². The molecule has 1 atom stereocenters. The van der Waals surface area contributed by atoms with Crippen molar-refractivity contribution >= 4 is 5.78 Å². The van der Waals surface area contributed by atoms with Gasteiger partial charge in [0.1, 0.15) is 17.4 Å². The average Bonchev–Trinajstić information content (AvgIpc) is 2.86. The molecule has 0 aliphatic rings. The Hall–Kier alpha value is -2.61. The Morgan fingerprint density at radius 1 is 1.47 bits per heavy atom. The van der Waals surface area contributed by atoms with Gasteiger partial charge in [0, 0.05) is 13.2 Å². The van der Waals surface area contributed by atoms with Gasteiger partial charge in [0.2, 0.25) is 5.78 Å². The fraction of sp³-hybridized carbons (Fsp3) is 0.214. The van der Waals surface area contributed by atoms with E-state index in [1.54, 1.807) is 50.7 Å². The number of hydrogen-bond donors (Lipinski definition) is 0. The van der Waals surface area contributed by atoms with Crippen LogP contribution >= 0.6 is 0 Å². The van der Waals surface area contributed by atoms with E-state index in [9.17, 15) is 10.1 Å². The molecule has 0 radical (unpaired) electrons.